The lowest BCUT2D eigenvalue weighted by Gasteiger charge is -2.24. The third kappa shape index (κ3) is 5.57. The molecule has 0 spiro atoms. The van der Waals surface area contributed by atoms with E-state index in [2.05, 4.69) is 21.1 Å². The smallest absolute Gasteiger partial charge is 0.193 e. The number of nitrogens with one attached hydrogen (secondary N) is 1. The van der Waals surface area contributed by atoms with Crippen LogP contribution in [0.2, 0.25) is 0 Å². The van der Waals surface area contributed by atoms with Gasteiger partial charge in [-0.05, 0) is 24.1 Å². The van der Waals surface area contributed by atoms with Crippen molar-refractivity contribution in [3.8, 4) is 23.8 Å². The average Bonchev–Trinajstić information content (AvgIpc) is 3.13. The summed E-state index contributed by atoms with van der Waals surface area (Å²) in [6.45, 7) is 3.46. The maximum Gasteiger partial charge on any atom is 0.193 e. The monoisotopic (exact) mass is 345 g/mol. The summed E-state index contributed by atoms with van der Waals surface area (Å²) < 4.78 is 16.3. The zero-order chi connectivity index (χ0) is 18.1. The first-order valence-corrected chi connectivity index (χ1v) is 8.40. The molecule has 0 radical (unpaired) electrons. The SMILES string of the molecule is C#CCOc1cc(CNC(=NC)N(C)CC2CCOC2)ccc1OC. The van der Waals surface area contributed by atoms with Crippen LogP contribution in [0.3, 0.4) is 0 Å². The molecule has 25 heavy (non-hydrogen) atoms. The summed E-state index contributed by atoms with van der Waals surface area (Å²) in [5, 5.41) is 3.38. The van der Waals surface area contributed by atoms with E-state index in [0.717, 1.165) is 37.7 Å². The highest BCUT2D eigenvalue weighted by Crippen LogP contribution is 2.28. The van der Waals surface area contributed by atoms with Crippen molar-refractivity contribution in [2.75, 3.05) is 47.6 Å². The maximum atomic E-state index is 5.54. The Bertz CT molecular complexity index is 619. The fourth-order valence-corrected chi connectivity index (χ4v) is 2.83. The van der Waals surface area contributed by atoms with Gasteiger partial charge >= 0.3 is 0 Å². The molecule has 0 bridgehead atoms. The molecular weight excluding hydrogens is 318 g/mol. The van der Waals surface area contributed by atoms with Crippen molar-refractivity contribution in [1.82, 2.24) is 10.2 Å². The van der Waals surface area contributed by atoms with Crippen molar-refractivity contribution >= 4 is 5.96 Å². The molecule has 1 saturated heterocycles. The van der Waals surface area contributed by atoms with Crippen LogP contribution in [0.4, 0.5) is 0 Å². The van der Waals surface area contributed by atoms with E-state index in [1.807, 2.05) is 25.2 Å². The molecule has 0 amide bonds. The lowest BCUT2D eigenvalue weighted by molar-refractivity contribution is 0.181. The Morgan fingerprint density at radius 3 is 2.96 bits per heavy atom. The van der Waals surface area contributed by atoms with Gasteiger partial charge in [0.2, 0.25) is 0 Å². The van der Waals surface area contributed by atoms with Gasteiger partial charge in [-0.15, -0.1) is 6.42 Å². The van der Waals surface area contributed by atoms with Gasteiger partial charge in [0.15, 0.2) is 17.5 Å². The number of hydrogen-bond acceptors (Lipinski definition) is 4. The molecule has 0 aromatic heterocycles. The maximum absolute atomic E-state index is 5.54. The molecule has 1 aliphatic rings. The van der Waals surface area contributed by atoms with Crippen LogP contribution in [0.1, 0.15) is 12.0 Å². The third-order valence-corrected chi connectivity index (χ3v) is 4.12. The number of rotatable bonds is 7. The number of terminal acetylenes is 1. The molecule has 1 atom stereocenters. The summed E-state index contributed by atoms with van der Waals surface area (Å²) in [6.07, 6.45) is 6.37. The highest BCUT2D eigenvalue weighted by atomic mass is 16.5. The molecule has 1 aliphatic heterocycles. The lowest BCUT2D eigenvalue weighted by Crippen LogP contribution is -2.41. The molecule has 1 aromatic rings. The van der Waals surface area contributed by atoms with E-state index in [1.165, 1.54) is 0 Å². The van der Waals surface area contributed by atoms with Gasteiger partial charge in [-0.3, -0.25) is 4.99 Å². The van der Waals surface area contributed by atoms with Crippen molar-refractivity contribution < 1.29 is 14.2 Å². The van der Waals surface area contributed by atoms with Crippen LogP contribution in [0.25, 0.3) is 0 Å². The minimum absolute atomic E-state index is 0.209. The van der Waals surface area contributed by atoms with Crippen LogP contribution >= 0.6 is 0 Å². The highest BCUT2D eigenvalue weighted by Gasteiger charge is 2.19. The van der Waals surface area contributed by atoms with Gasteiger partial charge in [0.1, 0.15) is 6.61 Å². The molecule has 1 aromatic carbocycles. The molecule has 6 heteroatoms. The second-order valence-electron chi connectivity index (χ2n) is 5.99. The van der Waals surface area contributed by atoms with Crippen molar-refractivity contribution in [2.45, 2.75) is 13.0 Å². The Morgan fingerprint density at radius 1 is 1.48 bits per heavy atom. The Morgan fingerprint density at radius 2 is 2.32 bits per heavy atom. The lowest BCUT2D eigenvalue weighted by atomic mass is 10.1. The number of nitrogens with zero attached hydrogens (tertiary/aromatic N) is 2. The topological polar surface area (TPSA) is 55.3 Å². The Labute approximate surface area is 150 Å². The third-order valence-electron chi connectivity index (χ3n) is 4.12. The number of ether oxygens (including phenoxy) is 3. The van der Waals surface area contributed by atoms with Crippen LogP contribution in [-0.4, -0.2) is 58.4 Å². The average molecular weight is 345 g/mol. The summed E-state index contributed by atoms with van der Waals surface area (Å²) >= 11 is 0. The number of guanidine groups is 1. The van der Waals surface area contributed by atoms with E-state index in [1.54, 1.807) is 14.2 Å². The summed E-state index contributed by atoms with van der Waals surface area (Å²) in [6, 6.07) is 5.80. The molecule has 2 rings (SSSR count). The van der Waals surface area contributed by atoms with Crippen LogP contribution in [0.5, 0.6) is 11.5 Å². The summed E-state index contributed by atoms with van der Waals surface area (Å²) in [4.78, 5) is 6.50. The van der Waals surface area contributed by atoms with Gasteiger partial charge in [0.25, 0.3) is 0 Å². The van der Waals surface area contributed by atoms with E-state index < -0.39 is 0 Å². The van der Waals surface area contributed by atoms with Crippen molar-refractivity contribution in [3.63, 3.8) is 0 Å². The molecular formula is C19H27N3O3. The van der Waals surface area contributed by atoms with Gasteiger partial charge in [-0.1, -0.05) is 12.0 Å². The number of aliphatic imine (C=N–C) groups is 1. The summed E-state index contributed by atoms with van der Waals surface area (Å²) in [7, 11) is 5.45. The zero-order valence-corrected chi connectivity index (χ0v) is 15.2. The minimum Gasteiger partial charge on any atom is -0.493 e. The molecule has 1 unspecified atom stereocenters. The highest BCUT2D eigenvalue weighted by molar-refractivity contribution is 5.79. The van der Waals surface area contributed by atoms with E-state index in [9.17, 15) is 0 Å². The van der Waals surface area contributed by atoms with E-state index in [0.29, 0.717) is 24.0 Å². The second kappa shape index (κ2) is 9.80. The standard InChI is InChI=1S/C19H27N3O3/c1-5-9-25-18-11-15(6-7-17(18)23-4)12-21-19(20-2)22(3)13-16-8-10-24-14-16/h1,6-7,11,16H,8-10,12-14H2,2-4H3,(H,20,21). The number of methoxy groups -OCH3 is 1. The largest absolute Gasteiger partial charge is 0.493 e. The van der Waals surface area contributed by atoms with Gasteiger partial charge < -0.3 is 24.4 Å². The molecule has 1 N–H and O–H groups in total. The van der Waals surface area contributed by atoms with Gasteiger partial charge in [-0.2, -0.15) is 0 Å². The van der Waals surface area contributed by atoms with Crippen LogP contribution in [0.15, 0.2) is 23.2 Å². The van der Waals surface area contributed by atoms with Crippen LogP contribution < -0.4 is 14.8 Å². The molecule has 1 heterocycles. The van der Waals surface area contributed by atoms with E-state index in [4.69, 9.17) is 20.6 Å². The van der Waals surface area contributed by atoms with Crippen LogP contribution in [0, 0.1) is 18.3 Å². The number of benzene rings is 1. The summed E-state index contributed by atoms with van der Waals surface area (Å²) in [5.74, 6) is 5.20. The van der Waals surface area contributed by atoms with E-state index >= 15 is 0 Å². The van der Waals surface area contributed by atoms with Crippen molar-refractivity contribution in [3.05, 3.63) is 23.8 Å². The number of hydrogen-bond donors (Lipinski definition) is 1. The minimum atomic E-state index is 0.209. The molecule has 136 valence electrons. The van der Waals surface area contributed by atoms with Crippen molar-refractivity contribution in [1.29, 1.82) is 0 Å². The molecule has 1 fully saturated rings. The first-order valence-electron chi connectivity index (χ1n) is 8.40. The predicted octanol–water partition coefficient (Wildman–Crippen LogP) is 1.75. The molecule has 6 nitrogen and oxygen atoms in total. The fraction of sp³-hybridized carbons (Fsp3) is 0.526. The summed E-state index contributed by atoms with van der Waals surface area (Å²) in [5.41, 5.74) is 1.06. The molecule has 0 aliphatic carbocycles. The van der Waals surface area contributed by atoms with E-state index in [-0.39, 0.29) is 6.61 Å². The Hall–Kier alpha value is -2.39. The van der Waals surface area contributed by atoms with Gasteiger partial charge in [0, 0.05) is 39.7 Å². The van der Waals surface area contributed by atoms with Gasteiger partial charge in [-0.25, -0.2) is 0 Å². The predicted molar refractivity (Wildman–Crippen MR) is 99.1 cm³/mol. The second-order valence-corrected chi connectivity index (χ2v) is 5.99. The normalized spacial score (nSPS) is 17.0. The Balaban J connectivity index is 1.94. The Kier molecular flexibility index (Phi) is 7.42. The zero-order valence-electron chi connectivity index (χ0n) is 15.2. The van der Waals surface area contributed by atoms with Gasteiger partial charge in [0.05, 0.1) is 13.7 Å². The quantitative estimate of drug-likeness (QED) is 0.464. The fourth-order valence-electron chi connectivity index (χ4n) is 2.83. The van der Waals surface area contributed by atoms with Crippen LogP contribution in [-0.2, 0) is 11.3 Å². The van der Waals surface area contributed by atoms with Crippen molar-refractivity contribution in [2.24, 2.45) is 10.9 Å². The first-order chi connectivity index (χ1) is 12.2. The first kappa shape index (κ1) is 18.9. The molecule has 0 saturated carbocycles.